The van der Waals surface area contributed by atoms with Gasteiger partial charge in [0, 0.05) is 51.4 Å². The molecule has 0 aromatic heterocycles. The number of likely N-dealkylation sites (N-methyl/N-ethyl adjacent to an activating group) is 1. The van der Waals surface area contributed by atoms with Crippen LogP contribution < -0.4 is 10.6 Å². The van der Waals surface area contributed by atoms with Crippen molar-refractivity contribution >= 4 is 5.96 Å². The van der Waals surface area contributed by atoms with E-state index >= 15 is 0 Å². The second-order valence-corrected chi connectivity index (χ2v) is 7.88. The van der Waals surface area contributed by atoms with Gasteiger partial charge in [0.15, 0.2) is 5.96 Å². The first-order valence-electron chi connectivity index (χ1n) is 10.1. The Morgan fingerprint density at radius 3 is 2.50 bits per heavy atom. The summed E-state index contributed by atoms with van der Waals surface area (Å²) in [4.78, 5) is 9.46. The molecule has 1 aliphatic carbocycles. The summed E-state index contributed by atoms with van der Waals surface area (Å²) in [6, 6.07) is 12.6. The monoisotopic (exact) mass is 357 g/mol. The zero-order valence-electron chi connectivity index (χ0n) is 16.6. The zero-order valence-corrected chi connectivity index (χ0v) is 16.6. The van der Waals surface area contributed by atoms with Crippen LogP contribution in [-0.4, -0.2) is 67.6 Å². The van der Waals surface area contributed by atoms with Crippen molar-refractivity contribution in [3.63, 3.8) is 0 Å². The van der Waals surface area contributed by atoms with E-state index in [0.717, 1.165) is 38.2 Å². The van der Waals surface area contributed by atoms with Gasteiger partial charge in [-0.2, -0.15) is 0 Å². The lowest BCUT2D eigenvalue weighted by atomic mass is 10.0. The Bertz CT molecular complexity index is 561. The topological polar surface area (TPSA) is 42.9 Å². The quantitative estimate of drug-likeness (QED) is 0.580. The highest BCUT2D eigenvalue weighted by atomic mass is 15.2. The number of hydrogen-bond acceptors (Lipinski definition) is 3. The molecular formula is C21H35N5. The molecule has 1 saturated heterocycles. The van der Waals surface area contributed by atoms with Crippen molar-refractivity contribution < 1.29 is 0 Å². The minimum atomic E-state index is 0.518. The Labute approximate surface area is 158 Å². The standard InChI is InChI=1S/C21H35N5/c1-17(25(3)20-9-10-20)15-23-21(22-2)24-19-11-13-26(14-12-19)16-18-7-5-4-6-8-18/h4-8,17,19-20H,9-16H2,1-3H3,(H2,22,23,24). The molecule has 1 aliphatic heterocycles. The van der Waals surface area contributed by atoms with Gasteiger partial charge in [0.2, 0.25) is 0 Å². The SMILES string of the molecule is CN=C(NCC(C)N(C)C1CC1)NC1CCN(Cc2ccccc2)CC1. The Balaban J connectivity index is 1.37. The molecule has 1 aromatic rings. The van der Waals surface area contributed by atoms with E-state index in [2.05, 4.69) is 69.7 Å². The van der Waals surface area contributed by atoms with Crippen LogP contribution in [0, 0.1) is 0 Å². The maximum atomic E-state index is 4.42. The molecule has 1 saturated carbocycles. The predicted octanol–water partition coefficient (Wildman–Crippen LogP) is 2.30. The van der Waals surface area contributed by atoms with Gasteiger partial charge in [-0.25, -0.2) is 0 Å². The molecule has 2 fully saturated rings. The van der Waals surface area contributed by atoms with Crippen LogP contribution in [0.1, 0.15) is 38.2 Å². The van der Waals surface area contributed by atoms with Gasteiger partial charge < -0.3 is 10.6 Å². The highest BCUT2D eigenvalue weighted by molar-refractivity contribution is 5.80. The molecule has 2 aliphatic rings. The lowest BCUT2D eigenvalue weighted by molar-refractivity contribution is 0.198. The molecule has 1 aromatic carbocycles. The van der Waals surface area contributed by atoms with Crippen LogP contribution in [0.5, 0.6) is 0 Å². The van der Waals surface area contributed by atoms with Crippen LogP contribution in [0.3, 0.4) is 0 Å². The third-order valence-corrected chi connectivity index (χ3v) is 5.78. The fraction of sp³-hybridized carbons (Fsp3) is 0.667. The van der Waals surface area contributed by atoms with Gasteiger partial charge in [-0.1, -0.05) is 30.3 Å². The smallest absolute Gasteiger partial charge is 0.191 e. The number of likely N-dealkylation sites (tertiary alicyclic amines) is 1. The molecule has 26 heavy (non-hydrogen) atoms. The first-order valence-corrected chi connectivity index (χ1v) is 10.1. The maximum Gasteiger partial charge on any atom is 0.191 e. The third-order valence-electron chi connectivity index (χ3n) is 5.78. The van der Waals surface area contributed by atoms with E-state index in [4.69, 9.17) is 0 Å². The van der Waals surface area contributed by atoms with Crippen LogP contribution in [0.25, 0.3) is 0 Å². The number of nitrogens with zero attached hydrogens (tertiary/aromatic N) is 3. The zero-order chi connectivity index (χ0) is 18.4. The van der Waals surface area contributed by atoms with E-state index in [9.17, 15) is 0 Å². The molecule has 1 heterocycles. The number of aliphatic imine (C=N–C) groups is 1. The number of rotatable bonds is 7. The summed E-state index contributed by atoms with van der Waals surface area (Å²) >= 11 is 0. The summed E-state index contributed by atoms with van der Waals surface area (Å²) in [6.45, 7) is 6.58. The van der Waals surface area contributed by atoms with Gasteiger partial charge in [-0.3, -0.25) is 14.8 Å². The Morgan fingerprint density at radius 2 is 1.88 bits per heavy atom. The number of hydrogen-bond donors (Lipinski definition) is 2. The highest BCUT2D eigenvalue weighted by Gasteiger charge is 2.29. The normalized spacial score (nSPS) is 21.0. The van der Waals surface area contributed by atoms with Gasteiger partial charge in [0.05, 0.1) is 0 Å². The molecule has 5 nitrogen and oxygen atoms in total. The molecule has 0 amide bonds. The van der Waals surface area contributed by atoms with Crippen molar-refractivity contribution in [1.82, 2.24) is 20.4 Å². The minimum absolute atomic E-state index is 0.518. The first-order chi connectivity index (χ1) is 12.7. The summed E-state index contributed by atoms with van der Waals surface area (Å²) in [5, 5.41) is 7.14. The van der Waals surface area contributed by atoms with Crippen LogP contribution in [-0.2, 0) is 6.54 Å². The Morgan fingerprint density at radius 1 is 1.19 bits per heavy atom. The second-order valence-electron chi connectivity index (χ2n) is 7.88. The van der Waals surface area contributed by atoms with Crippen molar-refractivity contribution in [2.45, 2.75) is 57.3 Å². The van der Waals surface area contributed by atoms with Crippen molar-refractivity contribution in [3.8, 4) is 0 Å². The molecule has 1 unspecified atom stereocenters. The fourth-order valence-corrected chi connectivity index (χ4v) is 3.70. The average molecular weight is 358 g/mol. The summed E-state index contributed by atoms with van der Waals surface area (Å²) in [5.41, 5.74) is 1.41. The van der Waals surface area contributed by atoms with E-state index in [0.29, 0.717) is 12.1 Å². The van der Waals surface area contributed by atoms with E-state index in [1.807, 2.05) is 7.05 Å². The number of nitrogens with one attached hydrogen (secondary N) is 2. The number of piperidine rings is 1. The lowest BCUT2D eigenvalue weighted by Crippen LogP contribution is -2.50. The van der Waals surface area contributed by atoms with Crippen molar-refractivity contribution in [2.24, 2.45) is 4.99 Å². The van der Waals surface area contributed by atoms with E-state index in [1.165, 1.54) is 31.2 Å². The number of guanidine groups is 1. The van der Waals surface area contributed by atoms with Crippen molar-refractivity contribution in [1.29, 1.82) is 0 Å². The molecule has 3 rings (SSSR count). The summed E-state index contributed by atoms with van der Waals surface area (Å²) < 4.78 is 0. The average Bonchev–Trinajstić information content (AvgIpc) is 3.51. The molecule has 5 heteroatoms. The van der Waals surface area contributed by atoms with Crippen molar-refractivity contribution in [3.05, 3.63) is 35.9 Å². The van der Waals surface area contributed by atoms with Gasteiger partial charge in [0.1, 0.15) is 0 Å². The Kier molecular flexibility index (Phi) is 6.92. The van der Waals surface area contributed by atoms with Crippen molar-refractivity contribution in [2.75, 3.05) is 33.7 Å². The fourth-order valence-electron chi connectivity index (χ4n) is 3.70. The van der Waals surface area contributed by atoms with Crippen LogP contribution in [0.4, 0.5) is 0 Å². The Hall–Kier alpha value is -1.59. The molecule has 0 spiro atoms. The maximum absolute atomic E-state index is 4.42. The third kappa shape index (κ3) is 5.71. The second kappa shape index (κ2) is 9.38. The molecule has 1 atom stereocenters. The molecule has 144 valence electrons. The first kappa shape index (κ1) is 19.2. The van der Waals surface area contributed by atoms with Crippen LogP contribution >= 0.6 is 0 Å². The van der Waals surface area contributed by atoms with Gasteiger partial charge in [0.25, 0.3) is 0 Å². The predicted molar refractivity (Wildman–Crippen MR) is 109 cm³/mol. The molecule has 0 radical (unpaired) electrons. The summed E-state index contributed by atoms with van der Waals surface area (Å²) in [5.74, 6) is 0.947. The largest absolute Gasteiger partial charge is 0.355 e. The number of benzene rings is 1. The van der Waals surface area contributed by atoms with Crippen LogP contribution in [0.2, 0.25) is 0 Å². The van der Waals surface area contributed by atoms with E-state index in [-0.39, 0.29) is 0 Å². The van der Waals surface area contributed by atoms with E-state index in [1.54, 1.807) is 0 Å². The molecule has 0 bridgehead atoms. The van der Waals surface area contributed by atoms with Gasteiger partial charge >= 0.3 is 0 Å². The van der Waals surface area contributed by atoms with Crippen LogP contribution in [0.15, 0.2) is 35.3 Å². The highest BCUT2D eigenvalue weighted by Crippen LogP contribution is 2.26. The summed E-state index contributed by atoms with van der Waals surface area (Å²) in [7, 11) is 4.11. The summed E-state index contributed by atoms with van der Waals surface area (Å²) in [6.07, 6.45) is 5.06. The van der Waals surface area contributed by atoms with Gasteiger partial charge in [-0.15, -0.1) is 0 Å². The molecule has 2 N–H and O–H groups in total. The van der Waals surface area contributed by atoms with Gasteiger partial charge in [-0.05, 0) is 45.2 Å². The lowest BCUT2D eigenvalue weighted by Gasteiger charge is -2.33. The minimum Gasteiger partial charge on any atom is -0.355 e. The van der Waals surface area contributed by atoms with E-state index < -0.39 is 0 Å². The molecular weight excluding hydrogens is 322 g/mol.